The zero-order valence-electron chi connectivity index (χ0n) is 15.2. The number of hydrogen-bond donors (Lipinski definition) is 0. The molecule has 0 aliphatic carbocycles. The topological polar surface area (TPSA) is 12.5 Å². The molecule has 0 N–H and O–H groups in total. The Hall–Kier alpha value is -0.0800. The van der Waals surface area contributed by atoms with E-state index in [4.69, 9.17) is 4.74 Å². The molecule has 2 aliphatic rings. The molecule has 124 valence electrons. The molecule has 0 radical (unpaired) electrons. The number of hydrogen-bond acceptors (Lipinski definition) is 2. The van der Waals surface area contributed by atoms with Gasteiger partial charge in [0.05, 0.1) is 6.61 Å². The fraction of sp³-hybridized carbons (Fsp3) is 1.00. The molecule has 3 unspecified atom stereocenters. The second-order valence-electron chi connectivity index (χ2n) is 9.48. The summed E-state index contributed by atoms with van der Waals surface area (Å²) in [7, 11) is 0. The molecule has 0 aromatic heterocycles. The molecule has 2 saturated heterocycles. The predicted molar refractivity (Wildman–Crippen MR) is 90.6 cm³/mol. The Morgan fingerprint density at radius 2 is 1.71 bits per heavy atom. The van der Waals surface area contributed by atoms with Crippen LogP contribution in [0.2, 0.25) is 0 Å². The highest BCUT2D eigenvalue weighted by Gasteiger charge is 2.41. The van der Waals surface area contributed by atoms with Gasteiger partial charge in [0, 0.05) is 24.1 Å². The Kier molecular flexibility index (Phi) is 5.41. The van der Waals surface area contributed by atoms with Gasteiger partial charge in [0.2, 0.25) is 0 Å². The maximum Gasteiger partial charge on any atom is 0.0511 e. The normalized spacial score (nSPS) is 33.1. The van der Waals surface area contributed by atoms with Gasteiger partial charge < -0.3 is 4.74 Å². The zero-order valence-corrected chi connectivity index (χ0v) is 15.2. The van der Waals surface area contributed by atoms with Crippen molar-refractivity contribution in [1.29, 1.82) is 0 Å². The summed E-state index contributed by atoms with van der Waals surface area (Å²) in [5.74, 6) is 1.57. The van der Waals surface area contributed by atoms with Crippen molar-refractivity contribution in [3.8, 4) is 0 Å². The molecule has 21 heavy (non-hydrogen) atoms. The lowest BCUT2D eigenvalue weighted by Gasteiger charge is -2.51. The van der Waals surface area contributed by atoms with E-state index >= 15 is 0 Å². The standard InChI is InChI=1S/C19H37NO/c1-18(2,3)13-15-10-12-21-14-16(15)17-9-7-8-11-20(17)19(4,5)6/h15-17H,7-14H2,1-6H3. The van der Waals surface area contributed by atoms with Gasteiger partial charge in [-0.25, -0.2) is 0 Å². The van der Waals surface area contributed by atoms with Gasteiger partial charge in [-0.3, -0.25) is 4.90 Å². The summed E-state index contributed by atoms with van der Waals surface area (Å²) in [5, 5.41) is 0. The lowest BCUT2D eigenvalue weighted by Crippen LogP contribution is -2.56. The number of ether oxygens (including phenoxy) is 1. The van der Waals surface area contributed by atoms with Gasteiger partial charge in [-0.1, -0.05) is 27.2 Å². The molecular formula is C19H37NO. The predicted octanol–water partition coefficient (Wildman–Crippen LogP) is 4.73. The molecule has 0 aromatic carbocycles. The van der Waals surface area contributed by atoms with E-state index in [2.05, 4.69) is 46.4 Å². The third-order valence-corrected chi connectivity index (χ3v) is 5.33. The molecule has 0 aromatic rings. The van der Waals surface area contributed by atoms with Crippen LogP contribution in [0.25, 0.3) is 0 Å². The Labute approximate surface area is 132 Å². The van der Waals surface area contributed by atoms with Gasteiger partial charge in [-0.05, 0) is 64.3 Å². The van der Waals surface area contributed by atoms with Crippen molar-refractivity contribution < 1.29 is 4.74 Å². The molecule has 2 nitrogen and oxygen atoms in total. The van der Waals surface area contributed by atoms with Gasteiger partial charge in [0.25, 0.3) is 0 Å². The van der Waals surface area contributed by atoms with Crippen LogP contribution in [-0.2, 0) is 4.74 Å². The fourth-order valence-electron chi connectivity index (χ4n) is 4.50. The second kappa shape index (κ2) is 6.58. The minimum atomic E-state index is 0.287. The van der Waals surface area contributed by atoms with Crippen molar-refractivity contribution >= 4 is 0 Å². The first-order chi connectivity index (χ1) is 9.68. The van der Waals surface area contributed by atoms with E-state index in [1.807, 2.05) is 0 Å². The summed E-state index contributed by atoms with van der Waals surface area (Å²) >= 11 is 0. The highest BCUT2D eigenvalue weighted by Crippen LogP contribution is 2.40. The Morgan fingerprint density at radius 1 is 1.00 bits per heavy atom. The minimum absolute atomic E-state index is 0.287. The van der Waals surface area contributed by atoms with Crippen LogP contribution in [-0.4, -0.2) is 36.2 Å². The molecule has 3 atom stereocenters. The third-order valence-electron chi connectivity index (χ3n) is 5.33. The lowest BCUT2D eigenvalue weighted by molar-refractivity contribution is -0.0682. The first-order valence-electron chi connectivity index (χ1n) is 9.03. The first-order valence-corrected chi connectivity index (χ1v) is 9.03. The van der Waals surface area contributed by atoms with Crippen LogP contribution in [0.1, 0.15) is 73.6 Å². The van der Waals surface area contributed by atoms with Crippen molar-refractivity contribution in [2.24, 2.45) is 17.3 Å². The van der Waals surface area contributed by atoms with E-state index in [0.29, 0.717) is 5.41 Å². The van der Waals surface area contributed by atoms with Crippen LogP contribution in [0.5, 0.6) is 0 Å². The average molecular weight is 296 g/mol. The molecule has 2 aliphatic heterocycles. The Morgan fingerprint density at radius 3 is 2.33 bits per heavy atom. The van der Waals surface area contributed by atoms with E-state index in [1.54, 1.807) is 0 Å². The van der Waals surface area contributed by atoms with E-state index in [-0.39, 0.29) is 5.54 Å². The van der Waals surface area contributed by atoms with E-state index in [0.717, 1.165) is 31.1 Å². The summed E-state index contributed by atoms with van der Waals surface area (Å²) in [6, 6.07) is 0.728. The molecular weight excluding hydrogens is 258 g/mol. The van der Waals surface area contributed by atoms with Crippen molar-refractivity contribution in [1.82, 2.24) is 4.90 Å². The van der Waals surface area contributed by atoms with Crippen molar-refractivity contribution in [3.63, 3.8) is 0 Å². The van der Waals surface area contributed by atoms with Gasteiger partial charge in [-0.15, -0.1) is 0 Å². The molecule has 0 bridgehead atoms. The van der Waals surface area contributed by atoms with Gasteiger partial charge in [-0.2, -0.15) is 0 Å². The van der Waals surface area contributed by atoms with E-state index in [1.165, 1.54) is 38.6 Å². The lowest BCUT2D eigenvalue weighted by atomic mass is 9.71. The van der Waals surface area contributed by atoms with Crippen LogP contribution in [0, 0.1) is 17.3 Å². The number of piperidine rings is 1. The largest absolute Gasteiger partial charge is 0.381 e. The highest BCUT2D eigenvalue weighted by atomic mass is 16.5. The van der Waals surface area contributed by atoms with Crippen molar-refractivity contribution in [3.05, 3.63) is 0 Å². The average Bonchev–Trinajstić information content (AvgIpc) is 2.36. The van der Waals surface area contributed by atoms with Crippen molar-refractivity contribution in [2.75, 3.05) is 19.8 Å². The van der Waals surface area contributed by atoms with Gasteiger partial charge in [0.15, 0.2) is 0 Å². The smallest absolute Gasteiger partial charge is 0.0511 e. The van der Waals surface area contributed by atoms with E-state index < -0.39 is 0 Å². The van der Waals surface area contributed by atoms with Gasteiger partial charge in [0.1, 0.15) is 0 Å². The van der Waals surface area contributed by atoms with Gasteiger partial charge >= 0.3 is 0 Å². The van der Waals surface area contributed by atoms with E-state index in [9.17, 15) is 0 Å². The Bertz CT molecular complexity index is 325. The molecule has 0 saturated carbocycles. The van der Waals surface area contributed by atoms with Crippen molar-refractivity contribution in [2.45, 2.75) is 85.2 Å². The summed E-state index contributed by atoms with van der Waals surface area (Å²) in [6.45, 7) is 17.5. The first kappa shape index (κ1) is 17.3. The molecule has 0 spiro atoms. The highest BCUT2D eigenvalue weighted by molar-refractivity contribution is 4.94. The summed E-state index contributed by atoms with van der Waals surface area (Å²) in [4.78, 5) is 2.78. The van der Waals surface area contributed by atoms with Crippen LogP contribution in [0.3, 0.4) is 0 Å². The quantitative estimate of drug-likeness (QED) is 0.730. The summed E-state index contributed by atoms with van der Waals surface area (Å²) in [6.07, 6.45) is 6.74. The summed E-state index contributed by atoms with van der Waals surface area (Å²) in [5.41, 5.74) is 0.719. The fourth-order valence-corrected chi connectivity index (χ4v) is 4.50. The molecule has 2 fully saturated rings. The number of rotatable bonds is 2. The SMILES string of the molecule is CC(C)(C)CC1CCOCC1C1CCCCN1C(C)(C)C. The minimum Gasteiger partial charge on any atom is -0.381 e. The number of likely N-dealkylation sites (tertiary alicyclic amines) is 1. The monoisotopic (exact) mass is 295 g/mol. The van der Waals surface area contributed by atoms with Crippen LogP contribution < -0.4 is 0 Å². The maximum atomic E-state index is 5.91. The maximum absolute atomic E-state index is 5.91. The van der Waals surface area contributed by atoms with Crippen LogP contribution in [0.4, 0.5) is 0 Å². The molecule has 2 heteroatoms. The Balaban J connectivity index is 2.14. The number of nitrogens with zero attached hydrogens (tertiary/aromatic N) is 1. The van der Waals surface area contributed by atoms with Crippen LogP contribution in [0.15, 0.2) is 0 Å². The zero-order chi connectivity index (χ0) is 15.7. The third kappa shape index (κ3) is 4.69. The van der Waals surface area contributed by atoms with Crippen LogP contribution >= 0.6 is 0 Å². The second-order valence-corrected chi connectivity index (χ2v) is 9.48. The molecule has 2 rings (SSSR count). The molecule has 0 amide bonds. The summed E-state index contributed by atoms with van der Waals surface area (Å²) < 4.78 is 5.91. The molecule has 2 heterocycles.